The highest BCUT2D eigenvalue weighted by molar-refractivity contribution is 5.00. The summed E-state index contributed by atoms with van der Waals surface area (Å²) < 4.78 is 6.06. The minimum Gasteiger partial charge on any atom is -0.365 e. The van der Waals surface area contributed by atoms with Crippen LogP contribution in [0.1, 0.15) is 57.8 Å². The first-order valence-corrected chi connectivity index (χ1v) is 6.15. The van der Waals surface area contributed by atoms with Gasteiger partial charge in [-0.3, -0.25) is 0 Å². The number of fused-ring (bicyclic) bond motifs is 1. The summed E-state index contributed by atoms with van der Waals surface area (Å²) in [6.07, 6.45) is 10.5. The van der Waals surface area contributed by atoms with Gasteiger partial charge in [0.05, 0.1) is 5.60 Å². The van der Waals surface area contributed by atoms with Crippen molar-refractivity contribution in [3.63, 3.8) is 0 Å². The van der Waals surface area contributed by atoms with Crippen LogP contribution in [0.4, 0.5) is 0 Å². The Bertz CT molecular complexity index is 240. The molecule has 0 unspecified atom stereocenters. The lowest BCUT2D eigenvalue weighted by molar-refractivity contribution is -0.235. The molecule has 2 bridgehead atoms. The third-order valence-corrected chi connectivity index (χ3v) is 4.60. The Labute approximate surface area is 85.6 Å². The van der Waals surface area contributed by atoms with Gasteiger partial charge in [0.25, 0.3) is 0 Å². The van der Waals surface area contributed by atoms with E-state index in [1.54, 1.807) is 0 Å². The van der Waals surface area contributed by atoms with E-state index in [9.17, 15) is 5.11 Å². The van der Waals surface area contributed by atoms with E-state index in [0.29, 0.717) is 0 Å². The molecule has 2 nitrogen and oxygen atoms in total. The molecule has 1 spiro atoms. The van der Waals surface area contributed by atoms with Crippen LogP contribution in [0, 0.1) is 5.92 Å². The molecule has 2 heteroatoms. The highest BCUT2D eigenvalue weighted by Crippen LogP contribution is 2.53. The van der Waals surface area contributed by atoms with Crippen LogP contribution in [0.25, 0.3) is 0 Å². The lowest BCUT2D eigenvalue weighted by atomic mass is 9.71. The van der Waals surface area contributed by atoms with E-state index in [2.05, 4.69) is 0 Å². The van der Waals surface area contributed by atoms with E-state index in [1.165, 1.54) is 32.1 Å². The minimum atomic E-state index is -0.744. The zero-order valence-electron chi connectivity index (χ0n) is 8.80. The zero-order valence-corrected chi connectivity index (χ0v) is 8.80. The largest absolute Gasteiger partial charge is 0.365 e. The predicted molar refractivity (Wildman–Crippen MR) is 53.8 cm³/mol. The second-order valence-electron chi connectivity index (χ2n) is 5.45. The van der Waals surface area contributed by atoms with Gasteiger partial charge < -0.3 is 9.84 Å². The van der Waals surface area contributed by atoms with Crippen molar-refractivity contribution in [2.75, 3.05) is 0 Å². The maximum absolute atomic E-state index is 10.2. The number of hydrogen-bond acceptors (Lipinski definition) is 2. The van der Waals surface area contributed by atoms with Crippen LogP contribution in [0.5, 0.6) is 0 Å². The van der Waals surface area contributed by atoms with Gasteiger partial charge in [-0.1, -0.05) is 12.8 Å². The lowest BCUT2D eigenvalue weighted by Gasteiger charge is -2.40. The molecule has 1 aliphatic carbocycles. The molecule has 3 fully saturated rings. The quantitative estimate of drug-likeness (QED) is 0.645. The second kappa shape index (κ2) is 2.96. The van der Waals surface area contributed by atoms with E-state index in [4.69, 9.17) is 4.74 Å². The van der Waals surface area contributed by atoms with Crippen LogP contribution in [0.2, 0.25) is 0 Å². The molecule has 14 heavy (non-hydrogen) atoms. The van der Waals surface area contributed by atoms with Crippen molar-refractivity contribution in [1.29, 1.82) is 0 Å². The van der Waals surface area contributed by atoms with E-state index in [-0.39, 0.29) is 5.60 Å². The first-order valence-electron chi connectivity index (χ1n) is 6.15. The monoisotopic (exact) mass is 196 g/mol. The van der Waals surface area contributed by atoms with Crippen LogP contribution in [0.15, 0.2) is 0 Å². The van der Waals surface area contributed by atoms with Crippen LogP contribution in [-0.4, -0.2) is 16.5 Å². The van der Waals surface area contributed by atoms with Crippen molar-refractivity contribution < 1.29 is 9.84 Å². The standard InChI is InChI=1S/C12H20O2/c13-12-7-3-5-10-4-1-2-6-11(10,14-12)8-9-12/h10,13H,1-9H2/t10-,11+,12+/m1/s1. The van der Waals surface area contributed by atoms with Crippen molar-refractivity contribution in [2.24, 2.45) is 5.92 Å². The van der Waals surface area contributed by atoms with Crippen LogP contribution in [-0.2, 0) is 4.74 Å². The number of rotatable bonds is 0. The Morgan fingerprint density at radius 1 is 0.929 bits per heavy atom. The number of aliphatic hydroxyl groups is 1. The second-order valence-corrected chi connectivity index (χ2v) is 5.45. The topological polar surface area (TPSA) is 29.5 Å². The van der Waals surface area contributed by atoms with Crippen molar-refractivity contribution in [3.05, 3.63) is 0 Å². The van der Waals surface area contributed by atoms with E-state index < -0.39 is 5.79 Å². The average Bonchev–Trinajstić information content (AvgIpc) is 2.41. The number of ether oxygens (including phenoxy) is 1. The first-order chi connectivity index (χ1) is 6.73. The van der Waals surface area contributed by atoms with Crippen molar-refractivity contribution in [1.82, 2.24) is 0 Å². The van der Waals surface area contributed by atoms with Gasteiger partial charge >= 0.3 is 0 Å². The highest BCUT2D eigenvalue weighted by Gasteiger charge is 2.54. The molecule has 1 N–H and O–H groups in total. The summed E-state index contributed by atoms with van der Waals surface area (Å²) in [6, 6.07) is 0. The van der Waals surface area contributed by atoms with Gasteiger partial charge in [-0.25, -0.2) is 0 Å². The average molecular weight is 196 g/mol. The van der Waals surface area contributed by atoms with Gasteiger partial charge in [-0.15, -0.1) is 0 Å². The molecule has 1 saturated carbocycles. The molecule has 2 aliphatic heterocycles. The fourth-order valence-corrected chi connectivity index (χ4v) is 3.84. The Hall–Kier alpha value is -0.0800. The lowest BCUT2D eigenvalue weighted by Crippen LogP contribution is -2.41. The normalized spacial score (nSPS) is 52.5. The molecular formula is C12H20O2. The summed E-state index contributed by atoms with van der Waals surface area (Å²) in [5.74, 6) is -0.000648. The zero-order chi connectivity index (χ0) is 9.65. The molecule has 2 heterocycles. The summed E-state index contributed by atoms with van der Waals surface area (Å²) >= 11 is 0. The fourth-order valence-electron chi connectivity index (χ4n) is 3.84. The molecule has 0 aromatic heterocycles. The molecule has 80 valence electrons. The van der Waals surface area contributed by atoms with Gasteiger partial charge in [0.2, 0.25) is 0 Å². The van der Waals surface area contributed by atoms with E-state index in [1.807, 2.05) is 0 Å². The Kier molecular flexibility index (Phi) is 1.94. The van der Waals surface area contributed by atoms with Crippen molar-refractivity contribution >= 4 is 0 Å². The van der Waals surface area contributed by atoms with Crippen LogP contribution in [0.3, 0.4) is 0 Å². The van der Waals surface area contributed by atoms with Crippen LogP contribution >= 0.6 is 0 Å². The van der Waals surface area contributed by atoms with Gasteiger partial charge in [0.1, 0.15) is 0 Å². The summed E-state index contributed by atoms with van der Waals surface area (Å²) in [7, 11) is 0. The molecule has 3 atom stereocenters. The summed E-state index contributed by atoms with van der Waals surface area (Å²) in [5, 5.41) is 10.2. The maximum atomic E-state index is 10.2. The molecule has 3 rings (SSSR count). The summed E-state index contributed by atoms with van der Waals surface area (Å²) in [5.41, 5.74) is 0.0868. The summed E-state index contributed by atoms with van der Waals surface area (Å²) in [6.45, 7) is 0. The fraction of sp³-hybridized carbons (Fsp3) is 1.00. The minimum absolute atomic E-state index is 0.0868. The molecule has 0 amide bonds. The van der Waals surface area contributed by atoms with Crippen molar-refractivity contribution in [2.45, 2.75) is 69.2 Å². The molecule has 0 aromatic carbocycles. The molecule has 3 aliphatic rings. The van der Waals surface area contributed by atoms with Gasteiger partial charge in [0.15, 0.2) is 5.79 Å². The Balaban J connectivity index is 1.91. The van der Waals surface area contributed by atoms with Crippen molar-refractivity contribution in [3.8, 4) is 0 Å². The van der Waals surface area contributed by atoms with Gasteiger partial charge in [-0.2, -0.15) is 0 Å². The molecular weight excluding hydrogens is 176 g/mol. The molecule has 0 aromatic rings. The third-order valence-electron chi connectivity index (χ3n) is 4.60. The maximum Gasteiger partial charge on any atom is 0.166 e. The molecule has 2 saturated heterocycles. The number of hydrogen-bond donors (Lipinski definition) is 1. The third kappa shape index (κ3) is 1.24. The van der Waals surface area contributed by atoms with E-state index in [0.717, 1.165) is 31.6 Å². The predicted octanol–water partition coefficient (Wildman–Crippen LogP) is 2.60. The summed E-state index contributed by atoms with van der Waals surface area (Å²) in [4.78, 5) is 0. The first kappa shape index (κ1) is 9.17. The Morgan fingerprint density at radius 3 is 2.71 bits per heavy atom. The highest BCUT2D eigenvalue weighted by atomic mass is 16.6. The SMILES string of the molecule is O[C@]12CCC[C@H]3CCCC[C@@]3(CC1)O2. The van der Waals surface area contributed by atoms with Crippen LogP contribution < -0.4 is 0 Å². The Morgan fingerprint density at radius 2 is 1.79 bits per heavy atom. The van der Waals surface area contributed by atoms with Gasteiger partial charge in [0, 0.05) is 12.8 Å². The van der Waals surface area contributed by atoms with Gasteiger partial charge in [-0.05, 0) is 38.0 Å². The molecule has 0 radical (unpaired) electrons. The van der Waals surface area contributed by atoms with E-state index >= 15 is 0 Å². The smallest absolute Gasteiger partial charge is 0.166 e.